The van der Waals surface area contributed by atoms with E-state index < -0.39 is 6.03 Å². The first-order chi connectivity index (χ1) is 9.29. The van der Waals surface area contributed by atoms with E-state index in [0.29, 0.717) is 16.8 Å². The van der Waals surface area contributed by atoms with E-state index in [2.05, 4.69) is 10.6 Å². The van der Waals surface area contributed by atoms with E-state index in [4.69, 9.17) is 0 Å². The number of amides is 2. The summed E-state index contributed by atoms with van der Waals surface area (Å²) in [6.07, 6.45) is 0.754. The zero-order valence-corrected chi connectivity index (χ0v) is 12.4. The summed E-state index contributed by atoms with van der Waals surface area (Å²) in [4.78, 5) is 22.8. The van der Waals surface area contributed by atoms with Crippen molar-refractivity contribution in [3.05, 3.63) is 29.3 Å². The molecule has 0 spiro atoms. The summed E-state index contributed by atoms with van der Waals surface area (Å²) >= 11 is 0. The van der Waals surface area contributed by atoms with Gasteiger partial charge in [-0.05, 0) is 24.0 Å². The number of hydrogen-bond donors (Lipinski definition) is 3. The van der Waals surface area contributed by atoms with Gasteiger partial charge < -0.3 is 15.7 Å². The number of hydrogen-bond acceptors (Lipinski definition) is 3. The number of nitrogens with one attached hydrogen (secondary N) is 2. The van der Waals surface area contributed by atoms with Crippen LogP contribution in [0.1, 0.15) is 36.7 Å². The molecule has 1 aromatic rings. The summed E-state index contributed by atoms with van der Waals surface area (Å²) in [6, 6.07) is 4.38. The van der Waals surface area contributed by atoms with Crippen LogP contribution >= 0.6 is 0 Å². The highest BCUT2D eigenvalue weighted by Crippen LogP contribution is 2.20. The Bertz CT molecular complexity index is 492. The molecule has 0 bridgehead atoms. The summed E-state index contributed by atoms with van der Waals surface area (Å²) < 4.78 is 0. The first-order valence-electron chi connectivity index (χ1n) is 6.52. The molecule has 0 aliphatic rings. The average molecular weight is 278 g/mol. The highest BCUT2D eigenvalue weighted by molar-refractivity contribution is 5.92. The molecule has 0 aromatic heterocycles. The number of carbonyl (C=O) groups is 2. The molecule has 3 N–H and O–H groups in total. The maximum atomic E-state index is 12.0. The van der Waals surface area contributed by atoms with Crippen molar-refractivity contribution in [2.45, 2.75) is 33.7 Å². The predicted molar refractivity (Wildman–Crippen MR) is 79.0 cm³/mol. The quantitative estimate of drug-likeness (QED) is 0.740. The van der Waals surface area contributed by atoms with Crippen LogP contribution in [0.4, 0.5) is 10.5 Å². The van der Waals surface area contributed by atoms with Crippen LogP contribution in [0.5, 0.6) is 0 Å². The Balaban J connectivity index is 2.79. The summed E-state index contributed by atoms with van der Waals surface area (Å²) in [5.41, 5.74) is 1.59. The monoisotopic (exact) mass is 278 g/mol. The van der Waals surface area contributed by atoms with Crippen LogP contribution in [0.3, 0.4) is 0 Å². The van der Waals surface area contributed by atoms with Gasteiger partial charge in [-0.25, -0.2) is 4.79 Å². The lowest BCUT2D eigenvalue weighted by Crippen LogP contribution is -2.47. The standard InChI is InChI=1S/C15H22N2O3/c1-10-11(8-18)6-5-7-12(10)16-14(20)17-13(9-19)15(2,3)4/h5-8,13,19H,9H2,1-4H3,(H2,16,17,20). The SMILES string of the molecule is Cc1c(C=O)cccc1NC(=O)NC(CO)C(C)(C)C. The molecule has 0 aliphatic heterocycles. The molecule has 1 rings (SSSR count). The summed E-state index contributed by atoms with van der Waals surface area (Å²) in [7, 11) is 0. The van der Waals surface area contributed by atoms with Crippen molar-refractivity contribution in [2.75, 3.05) is 11.9 Å². The van der Waals surface area contributed by atoms with Crippen molar-refractivity contribution in [3.8, 4) is 0 Å². The molecule has 0 saturated carbocycles. The summed E-state index contributed by atoms with van der Waals surface area (Å²) in [6.45, 7) is 7.45. The normalized spacial score (nSPS) is 12.7. The summed E-state index contributed by atoms with van der Waals surface area (Å²) in [5.74, 6) is 0. The Hall–Kier alpha value is -1.88. The van der Waals surface area contributed by atoms with Crippen LogP contribution in [-0.4, -0.2) is 30.1 Å². The first-order valence-corrected chi connectivity index (χ1v) is 6.52. The molecule has 110 valence electrons. The highest BCUT2D eigenvalue weighted by atomic mass is 16.3. The number of anilines is 1. The van der Waals surface area contributed by atoms with E-state index in [1.54, 1.807) is 25.1 Å². The molecule has 1 aromatic carbocycles. The lowest BCUT2D eigenvalue weighted by atomic mass is 9.87. The van der Waals surface area contributed by atoms with E-state index in [0.717, 1.165) is 6.29 Å². The number of aliphatic hydroxyl groups is 1. The van der Waals surface area contributed by atoms with E-state index >= 15 is 0 Å². The van der Waals surface area contributed by atoms with Crippen LogP contribution in [0.2, 0.25) is 0 Å². The maximum Gasteiger partial charge on any atom is 0.319 e. The van der Waals surface area contributed by atoms with Crippen molar-refractivity contribution in [1.82, 2.24) is 5.32 Å². The molecule has 5 heteroatoms. The molecule has 0 heterocycles. The van der Waals surface area contributed by atoms with Crippen molar-refractivity contribution >= 4 is 18.0 Å². The third-order valence-corrected chi connectivity index (χ3v) is 3.28. The van der Waals surface area contributed by atoms with Gasteiger partial charge in [0.05, 0.1) is 12.6 Å². The Morgan fingerprint density at radius 2 is 2.05 bits per heavy atom. The smallest absolute Gasteiger partial charge is 0.319 e. The third kappa shape index (κ3) is 4.06. The zero-order valence-electron chi connectivity index (χ0n) is 12.4. The Morgan fingerprint density at radius 3 is 2.55 bits per heavy atom. The van der Waals surface area contributed by atoms with Crippen LogP contribution in [0.25, 0.3) is 0 Å². The molecule has 2 amide bonds. The fourth-order valence-electron chi connectivity index (χ4n) is 1.77. The van der Waals surface area contributed by atoms with Gasteiger partial charge in [0.1, 0.15) is 6.29 Å². The second kappa shape index (κ2) is 6.52. The van der Waals surface area contributed by atoms with E-state index in [1.165, 1.54) is 0 Å². The van der Waals surface area contributed by atoms with Gasteiger partial charge in [0.15, 0.2) is 0 Å². The van der Waals surface area contributed by atoms with Crippen molar-refractivity contribution in [3.63, 3.8) is 0 Å². The number of benzene rings is 1. The number of aliphatic hydroxyl groups excluding tert-OH is 1. The molecule has 1 unspecified atom stereocenters. The van der Waals surface area contributed by atoms with E-state index in [1.807, 2.05) is 20.8 Å². The minimum absolute atomic E-state index is 0.135. The van der Waals surface area contributed by atoms with Gasteiger partial charge in [0.2, 0.25) is 0 Å². The highest BCUT2D eigenvalue weighted by Gasteiger charge is 2.25. The first kappa shape index (κ1) is 16.2. The molecule has 0 fully saturated rings. The number of rotatable bonds is 4. The van der Waals surface area contributed by atoms with Crippen LogP contribution in [-0.2, 0) is 0 Å². The van der Waals surface area contributed by atoms with Crippen LogP contribution in [0.15, 0.2) is 18.2 Å². The van der Waals surface area contributed by atoms with Gasteiger partial charge in [0.25, 0.3) is 0 Å². The molecule has 0 radical (unpaired) electrons. The second-order valence-electron chi connectivity index (χ2n) is 5.84. The number of urea groups is 1. The predicted octanol–water partition coefficient (Wildman–Crippen LogP) is 2.34. The lowest BCUT2D eigenvalue weighted by Gasteiger charge is -2.29. The number of carbonyl (C=O) groups excluding carboxylic acids is 2. The number of aldehydes is 1. The van der Waals surface area contributed by atoms with Crippen molar-refractivity contribution in [2.24, 2.45) is 5.41 Å². The average Bonchev–Trinajstić information content (AvgIpc) is 2.37. The van der Waals surface area contributed by atoms with Crippen molar-refractivity contribution < 1.29 is 14.7 Å². The minimum atomic E-state index is -0.398. The fraction of sp³-hybridized carbons (Fsp3) is 0.467. The minimum Gasteiger partial charge on any atom is -0.394 e. The Kier molecular flexibility index (Phi) is 5.27. The molecule has 5 nitrogen and oxygen atoms in total. The van der Waals surface area contributed by atoms with Gasteiger partial charge in [-0.15, -0.1) is 0 Å². The van der Waals surface area contributed by atoms with Crippen LogP contribution in [0, 0.1) is 12.3 Å². The maximum absolute atomic E-state index is 12.0. The van der Waals surface area contributed by atoms with Gasteiger partial charge in [-0.3, -0.25) is 4.79 Å². The zero-order chi connectivity index (χ0) is 15.3. The van der Waals surface area contributed by atoms with Gasteiger partial charge in [0, 0.05) is 11.3 Å². The Morgan fingerprint density at radius 1 is 1.40 bits per heavy atom. The molecule has 20 heavy (non-hydrogen) atoms. The molecule has 0 saturated heterocycles. The van der Waals surface area contributed by atoms with E-state index in [-0.39, 0.29) is 18.1 Å². The van der Waals surface area contributed by atoms with E-state index in [9.17, 15) is 14.7 Å². The topological polar surface area (TPSA) is 78.4 Å². The fourth-order valence-corrected chi connectivity index (χ4v) is 1.77. The molecular weight excluding hydrogens is 256 g/mol. The molecule has 1 atom stereocenters. The van der Waals surface area contributed by atoms with Gasteiger partial charge >= 0.3 is 6.03 Å². The molecular formula is C15H22N2O3. The van der Waals surface area contributed by atoms with Crippen molar-refractivity contribution in [1.29, 1.82) is 0 Å². The largest absolute Gasteiger partial charge is 0.394 e. The van der Waals surface area contributed by atoms with Crippen LogP contribution < -0.4 is 10.6 Å². The second-order valence-corrected chi connectivity index (χ2v) is 5.84. The van der Waals surface area contributed by atoms with Gasteiger partial charge in [-0.2, -0.15) is 0 Å². The molecule has 0 aliphatic carbocycles. The lowest BCUT2D eigenvalue weighted by molar-refractivity contribution is 0.112. The summed E-state index contributed by atoms with van der Waals surface area (Å²) in [5, 5.41) is 14.8. The third-order valence-electron chi connectivity index (χ3n) is 3.28. The Labute approximate surface area is 119 Å². The van der Waals surface area contributed by atoms with Gasteiger partial charge in [-0.1, -0.05) is 32.9 Å².